The normalized spacial score (nSPS) is 28.0. The van der Waals surface area contributed by atoms with Gasteiger partial charge in [0.1, 0.15) is 23.4 Å². The summed E-state index contributed by atoms with van der Waals surface area (Å²) in [6.07, 6.45) is 0.956. The number of nitrogens with one attached hydrogen (secondary N) is 3. The summed E-state index contributed by atoms with van der Waals surface area (Å²) >= 11 is 0. The van der Waals surface area contributed by atoms with Crippen LogP contribution < -0.4 is 10.6 Å². The summed E-state index contributed by atoms with van der Waals surface area (Å²) in [5.74, 6) is -2.52. The van der Waals surface area contributed by atoms with Crippen LogP contribution in [0.1, 0.15) is 37.2 Å². The third kappa shape index (κ3) is 3.55. The molecule has 182 valence electrons. The van der Waals surface area contributed by atoms with Crippen molar-refractivity contribution in [3.8, 4) is 0 Å². The van der Waals surface area contributed by atoms with Gasteiger partial charge in [-0.25, -0.2) is 8.78 Å². The molecule has 3 heterocycles. The average molecular weight is 475 g/mol. The Morgan fingerprint density at radius 2 is 2.03 bits per heavy atom. The van der Waals surface area contributed by atoms with Crippen LogP contribution in [0.2, 0.25) is 0 Å². The number of likely N-dealkylation sites (tertiary alicyclic amines) is 1. The van der Waals surface area contributed by atoms with Crippen molar-refractivity contribution in [2.24, 2.45) is 23.2 Å². The standard InChI is InChI=1S/C24H28F2N4O4/c1-24(2)14-9-30(23(34)17-8-13-15(25)3-4-16(26)19(13)29-17)20(18(14)24)22(33)28-12(10-31)7-11-5-6-27-21(11)32/h3-4,8,11-12,14,18,20,29,31H,5-7,9-10H2,1-2H3,(H,27,32)(H,28,33)/t11-,12-,14-,18-,20-/m0/s1. The lowest BCUT2D eigenvalue weighted by molar-refractivity contribution is -0.128. The number of H-pyrrole nitrogens is 1. The Labute approximate surface area is 195 Å². The molecular weight excluding hydrogens is 446 g/mol. The Kier molecular flexibility index (Phi) is 5.38. The first-order chi connectivity index (χ1) is 16.1. The van der Waals surface area contributed by atoms with E-state index < -0.39 is 35.5 Å². The minimum absolute atomic E-state index is 0.0113. The molecule has 8 nitrogen and oxygen atoms in total. The van der Waals surface area contributed by atoms with Gasteiger partial charge in [0.25, 0.3) is 5.91 Å². The predicted octanol–water partition coefficient (Wildman–Crippen LogP) is 1.55. The summed E-state index contributed by atoms with van der Waals surface area (Å²) in [5, 5.41) is 15.4. The predicted molar refractivity (Wildman–Crippen MR) is 119 cm³/mol. The zero-order valence-electron chi connectivity index (χ0n) is 19.0. The second-order valence-corrected chi connectivity index (χ2v) is 10.3. The van der Waals surface area contributed by atoms with E-state index in [4.69, 9.17) is 0 Å². The summed E-state index contributed by atoms with van der Waals surface area (Å²) in [6, 6.07) is 1.88. The van der Waals surface area contributed by atoms with Gasteiger partial charge < -0.3 is 25.6 Å². The van der Waals surface area contributed by atoms with Gasteiger partial charge in [0.05, 0.1) is 18.2 Å². The quantitative estimate of drug-likeness (QED) is 0.509. The Bertz CT molecular complexity index is 1140. The molecule has 3 amide bonds. The fraction of sp³-hybridized carbons (Fsp3) is 0.542. The zero-order valence-corrected chi connectivity index (χ0v) is 19.0. The number of piperidine rings is 1. The van der Waals surface area contributed by atoms with E-state index in [1.807, 2.05) is 13.8 Å². The van der Waals surface area contributed by atoms with Crippen molar-refractivity contribution in [2.45, 2.75) is 38.8 Å². The van der Waals surface area contributed by atoms with Gasteiger partial charge in [-0.05, 0) is 48.3 Å². The molecule has 2 aliphatic heterocycles. The third-order valence-electron chi connectivity index (χ3n) is 7.96. The highest BCUT2D eigenvalue weighted by atomic mass is 19.1. The van der Waals surface area contributed by atoms with Crippen molar-refractivity contribution in [3.63, 3.8) is 0 Å². The Morgan fingerprint density at radius 3 is 2.68 bits per heavy atom. The molecule has 3 fully saturated rings. The first-order valence-electron chi connectivity index (χ1n) is 11.6. The monoisotopic (exact) mass is 474 g/mol. The zero-order chi connectivity index (χ0) is 24.4. The highest BCUT2D eigenvalue weighted by Gasteiger charge is 2.69. The van der Waals surface area contributed by atoms with E-state index in [-0.39, 0.29) is 52.3 Å². The number of hydrogen-bond acceptors (Lipinski definition) is 4. The van der Waals surface area contributed by atoms with Gasteiger partial charge in [0.2, 0.25) is 11.8 Å². The van der Waals surface area contributed by atoms with E-state index in [0.29, 0.717) is 25.9 Å². The number of carbonyl (C=O) groups excluding carboxylic acids is 3. The molecule has 1 aromatic carbocycles. The molecule has 1 saturated carbocycles. The molecule has 34 heavy (non-hydrogen) atoms. The number of carbonyl (C=O) groups is 3. The van der Waals surface area contributed by atoms with Gasteiger partial charge in [0.15, 0.2) is 0 Å². The van der Waals surface area contributed by atoms with Crippen molar-refractivity contribution in [1.29, 1.82) is 0 Å². The lowest BCUT2D eigenvalue weighted by atomic mass is 9.97. The maximum Gasteiger partial charge on any atom is 0.271 e. The van der Waals surface area contributed by atoms with Gasteiger partial charge >= 0.3 is 0 Å². The maximum absolute atomic E-state index is 14.1. The van der Waals surface area contributed by atoms with Crippen LogP contribution >= 0.6 is 0 Å². The lowest BCUT2D eigenvalue weighted by Gasteiger charge is -2.31. The van der Waals surface area contributed by atoms with Crippen LogP contribution in [0.25, 0.3) is 10.9 Å². The van der Waals surface area contributed by atoms with Crippen LogP contribution in [-0.2, 0) is 9.59 Å². The van der Waals surface area contributed by atoms with Gasteiger partial charge in [-0.2, -0.15) is 0 Å². The number of rotatable bonds is 6. The van der Waals surface area contributed by atoms with E-state index in [2.05, 4.69) is 15.6 Å². The first kappa shape index (κ1) is 22.8. The van der Waals surface area contributed by atoms with E-state index in [1.165, 1.54) is 11.0 Å². The Morgan fingerprint density at radius 1 is 1.29 bits per heavy atom. The number of aromatic amines is 1. The third-order valence-corrected chi connectivity index (χ3v) is 7.96. The molecule has 3 aliphatic rings. The number of hydrogen-bond donors (Lipinski definition) is 4. The van der Waals surface area contributed by atoms with E-state index >= 15 is 0 Å². The van der Waals surface area contributed by atoms with Crippen molar-refractivity contribution in [2.75, 3.05) is 19.7 Å². The molecule has 5 rings (SSSR count). The van der Waals surface area contributed by atoms with Crippen molar-refractivity contribution >= 4 is 28.6 Å². The van der Waals surface area contributed by atoms with Gasteiger partial charge in [-0.3, -0.25) is 14.4 Å². The molecule has 5 atom stereocenters. The largest absolute Gasteiger partial charge is 0.394 e. The van der Waals surface area contributed by atoms with E-state index in [0.717, 1.165) is 12.1 Å². The molecule has 1 aliphatic carbocycles. The average Bonchev–Trinajstić information content (AvgIpc) is 3.32. The summed E-state index contributed by atoms with van der Waals surface area (Å²) in [4.78, 5) is 42.8. The number of benzene rings is 1. The minimum atomic E-state index is -0.778. The molecule has 1 aromatic heterocycles. The summed E-state index contributed by atoms with van der Waals surface area (Å²) in [5.41, 5.74) is -0.209. The van der Waals surface area contributed by atoms with Crippen molar-refractivity contribution in [3.05, 3.63) is 35.5 Å². The Balaban J connectivity index is 1.38. The molecule has 4 N–H and O–H groups in total. The fourth-order valence-electron chi connectivity index (χ4n) is 5.90. The number of aromatic nitrogens is 1. The number of fused-ring (bicyclic) bond motifs is 2. The topological polar surface area (TPSA) is 115 Å². The van der Waals surface area contributed by atoms with Crippen LogP contribution in [0.5, 0.6) is 0 Å². The number of halogens is 2. The van der Waals surface area contributed by atoms with Crippen LogP contribution in [0, 0.1) is 34.8 Å². The molecule has 10 heteroatoms. The van der Waals surface area contributed by atoms with Crippen LogP contribution in [-0.4, -0.2) is 64.5 Å². The number of nitrogens with zero attached hydrogens (tertiary/aromatic N) is 1. The van der Waals surface area contributed by atoms with Crippen molar-refractivity contribution in [1.82, 2.24) is 20.5 Å². The molecule has 2 saturated heterocycles. The van der Waals surface area contributed by atoms with Crippen LogP contribution in [0.3, 0.4) is 0 Å². The number of aliphatic hydroxyl groups excluding tert-OH is 1. The highest BCUT2D eigenvalue weighted by Crippen LogP contribution is 2.65. The molecule has 0 spiro atoms. The SMILES string of the molecule is CC1(C)[C@@H]2[C@@H](C(=O)N[C@H](CO)C[C@@H]3CCNC3=O)N(C(=O)c3cc4c(F)ccc(F)c4[nH]3)C[C@@H]21. The molecule has 0 unspecified atom stereocenters. The number of aliphatic hydroxyl groups is 1. The summed E-state index contributed by atoms with van der Waals surface area (Å²) in [6.45, 7) is 4.69. The van der Waals surface area contributed by atoms with E-state index in [9.17, 15) is 28.3 Å². The van der Waals surface area contributed by atoms with Gasteiger partial charge in [0, 0.05) is 24.4 Å². The smallest absolute Gasteiger partial charge is 0.271 e. The molecule has 2 aromatic rings. The second kappa shape index (κ2) is 8.04. The Hall–Kier alpha value is -3.01. The fourth-order valence-corrected chi connectivity index (χ4v) is 5.90. The second-order valence-electron chi connectivity index (χ2n) is 10.3. The van der Waals surface area contributed by atoms with E-state index in [1.54, 1.807) is 0 Å². The minimum Gasteiger partial charge on any atom is -0.394 e. The first-order valence-corrected chi connectivity index (χ1v) is 11.6. The molecule has 0 bridgehead atoms. The lowest BCUT2D eigenvalue weighted by Crippen LogP contribution is -2.53. The maximum atomic E-state index is 14.1. The van der Waals surface area contributed by atoms with Crippen LogP contribution in [0.15, 0.2) is 18.2 Å². The molecular formula is C24H28F2N4O4. The molecule has 0 radical (unpaired) electrons. The van der Waals surface area contributed by atoms with Crippen LogP contribution in [0.4, 0.5) is 8.78 Å². The summed E-state index contributed by atoms with van der Waals surface area (Å²) in [7, 11) is 0. The van der Waals surface area contributed by atoms with Gasteiger partial charge in [-0.15, -0.1) is 0 Å². The van der Waals surface area contributed by atoms with Crippen molar-refractivity contribution < 1.29 is 28.3 Å². The highest BCUT2D eigenvalue weighted by molar-refractivity contribution is 6.01. The van der Waals surface area contributed by atoms with Gasteiger partial charge in [-0.1, -0.05) is 13.8 Å². The number of amides is 3. The summed E-state index contributed by atoms with van der Waals surface area (Å²) < 4.78 is 28.3.